The van der Waals surface area contributed by atoms with E-state index in [1.165, 1.54) is 0 Å². The summed E-state index contributed by atoms with van der Waals surface area (Å²) in [5, 5.41) is 0. The Hall–Kier alpha value is -1.08. The SMILES string of the molecule is COc1ccc(CN2Cc3c(I)cc(Br)cc3C2=O)cc1. The summed E-state index contributed by atoms with van der Waals surface area (Å²) in [6.07, 6.45) is 0. The molecule has 0 saturated carbocycles. The van der Waals surface area contributed by atoms with Crippen molar-refractivity contribution in [1.82, 2.24) is 4.90 Å². The van der Waals surface area contributed by atoms with Crippen LogP contribution in [0.15, 0.2) is 40.9 Å². The molecule has 0 unspecified atom stereocenters. The molecule has 2 aromatic carbocycles. The molecule has 2 aromatic rings. The van der Waals surface area contributed by atoms with E-state index in [0.717, 1.165) is 30.5 Å². The first-order valence-corrected chi connectivity index (χ1v) is 8.36. The highest BCUT2D eigenvalue weighted by atomic mass is 127. The first-order chi connectivity index (χ1) is 10.1. The van der Waals surface area contributed by atoms with E-state index in [0.29, 0.717) is 13.1 Å². The number of halogens is 2. The molecule has 1 amide bonds. The molecule has 1 heterocycles. The second-order valence-corrected chi connectivity index (χ2v) is 7.00. The Bertz CT molecular complexity index is 700. The van der Waals surface area contributed by atoms with Crippen LogP contribution < -0.4 is 4.74 Å². The highest BCUT2D eigenvalue weighted by molar-refractivity contribution is 14.1. The number of carbonyl (C=O) groups is 1. The molecule has 3 rings (SSSR count). The summed E-state index contributed by atoms with van der Waals surface area (Å²) < 4.78 is 7.23. The van der Waals surface area contributed by atoms with Crippen LogP contribution in [0.3, 0.4) is 0 Å². The summed E-state index contributed by atoms with van der Waals surface area (Å²) in [4.78, 5) is 14.4. The molecule has 0 spiro atoms. The van der Waals surface area contributed by atoms with E-state index in [1.54, 1.807) is 7.11 Å². The molecular formula is C16H13BrINO2. The van der Waals surface area contributed by atoms with Gasteiger partial charge in [-0.25, -0.2) is 0 Å². The van der Waals surface area contributed by atoms with E-state index < -0.39 is 0 Å². The van der Waals surface area contributed by atoms with Crippen LogP contribution in [-0.4, -0.2) is 17.9 Å². The molecule has 21 heavy (non-hydrogen) atoms. The largest absolute Gasteiger partial charge is 0.497 e. The monoisotopic (exact) mass is 457 g/mol. The Labute approximate surface area is 145 Å². The van der Waals surface area contributed by atoms with Crippen LogP contribution in [0.2, 0.25) is 0 Å². The first kappa shape index (κ1) is 14.8. The van der Waals surface area contributed by atoms with E-state index in [4.69, 9.17) is 4.74 Å². The van der Waals surface area contributed by atoms with Gasteiger partial charge in [0.2, 0.25) is 0 Å². The Morgan fingerprint density at radius 1 is 1.29 bits per heavy atom. The minimum Gasteiger partial charge on any atom is -0.497 e. The van der Waals surface area contributed by atoms with Crippen LogP contribution in [-0.2, 0) is 13.1 Å². The van der Waals surface area contributed by atoms with E-state index in [9.17, 15) is 4.79 Å². The maximum Gasteiger partial charge on any atom is 0.254 e. The molecule has 0 aliphatic carbocycles. The lowest BCUT2D eigenvalue weighted by Crippen LogP contribution is -2.23. The van der Waals surface area contributed by atoms with Gasteiger partial charge in [-0.3, -0.25) is 4.79 Å². The second kappa shape index (κ2) is 5.96. The van der Waals surface area contributed by atoms with Crippen LogP contribution in [0.25, 0.3) is 0 Å². The van der Waals surface area contributed by atoms with Gasteiger partial charge in [-0.1, -0.05) is 28.1 Å². The van der Waals surface area contributed by atoms with Crippen LogP contribution in [0.5, 0.6) is 5.75 Å². The fourth-order valence-electron chi connectivity index (χ4n) is 2.47. The molecule has 5 heteroatoms. The third-order valence-corrected chi connectivity index (χ3v) is 4.98. The van der Waals surface area contributed by atoms with Gasteiger partial charge < -0.3 is 9.64 Å². The number of fused-ring (bicyclic) bond motifs is 1. The van der Waals surface area contributed by atoms with Crippen LogP contribution in [0.4, 0.5) is 0 Å². The normalized spacial score (nSPS) is 13.5. The summed E-state index contributed by atoms with van der Waals surface area (Å²) in [5.41, 5.74) is 3.03. The maximum atomic E-state index is 12.5. The molecule has 0 atom stereocenters. The Morgan fingerprint density at radius 3 is 2.67 bits per heavy atom. The summed E-state index contributed by atoms with van der Waals surface area (Å²) >= 11 is 5.74. The number of hydrogen-bond donors (Lipinski definition) is 0. The quantitative estimate of drug-likeness (QED) is 0.646. The number of rotatable bonds is 3. The molecule has 0 fully saturated rings. The smallest absolute Gasteiger partial charge is 0.254 e. The summed E-state index contributed by atoms with van der Waals surface area (Å²) in [7, 11) is 1.65. The minimum atomic E-state index is 0.0973. The van der Waals surface area contributed by atoms with Gasteiger partial charge in [-0.05, 0) is 58.0 Å². The second-order valence-electron chi connectivity index (χ2n) is 4.92. The number of ether oxygens (including phenoxy) is 1. The number of nitrogens with zero attached hydrogens (tertiary/aromatic N) is 1. The van der Waals surface area contributed by atoms with Gasteiger partial charge in [0, 0.05) is 26.7 Å². The highest BCUT2D eigenvalue weighted by Crippen LogP contribution is 2.31. The van der Waals surface area contributed by atoms with Crippen LogP contribution in [0, 0.1) is 3.57 Å². The zero-order chi connectivity index (χ0) is 15.0. The molecule has 0 bridgehead atoms. The van der Waals surface area contributed by atoms with E-state index >= 15 is 0 Å². The summed E-state index contributed by atoms with van der Waals surface area (Å²) in [6, 6.07) is 11.8. The first-order valence-electron chi connectivity index (χ1n) is 6.48. The summed E-state index contributed by atoms with van der Waals surface area (Å²) in [5.74, 6) is 0.924. The lowest BCUT2D eigenvalue weighted by atomic mass is 10.1. The number of amides is 1. The predicted octanol–water partition coefficient (Wildman–Crippen LogP) is 4.22. The number of hydrogen-bond acceptors (Lipinski definition) is 2. The van der Waals surface area contributed by atoms with Crippen molar-refractivity contribution in [3.8, 4) is 5.75 Å². The van der Waals surface area contributed by atoms with Gasteiger partial charge in [0.15, 0.2) is 0 Å². The van der Waals surface area contributed by atoms with Crippen LogP contribution in [0.1, 0.15) is 21.5 Å². The molecular weight excluding hydrogens is 445 g/mol. The van der Waals surface area contributed by atoms with Gasteiger partial charge in [0.25, 0.3) is 5.91 Å². The van der Waals surface area contributed by atoms with Crippen molar-refractivity contribution < 1.29 is 9.53 Å². The van der Waals surface area contributed by atoms with Crippen molar-refractivity contribution in [3.05, 3.63) is 61.1 Å². The Balaban J connectivity index is 1.82. The highest BCUT2D eigenvalue weighted by Gasteiger charge is 2.29. The van der Waals surface area contributed by atoms with Gasteiger partial charge in [0.1, 0.15) is 5.75 Å². The molecule has 108 valence electrons. The molecule has 0 saturated heterocycles. The fraction of sp³-hybridized carbons (Fsp3) is 0.188. The third-order valence-electron chi connectivity index (χ3n) is 3.56. The molecule has 0 radical (unpaired) electrons. The minimum absolute atomic E-state index is 0.0973. The maximum absolute atomic E-state index is 12.5. The average Bonchev–Trinajstić information content (AvgIpc) is 2.78. The lowest BCUT2D eigenvalue weighted by Gasteiger charge is -2.15. The van der Waals surface area contributed by atoms with Crippen molar-refractivity contribution in [1.29, 1.82) is 0 Å². The summed E-state index contributed by atoms with van der Waals surface area (Å²) in [6.45, 7) is 1.29. The average molecular weight is 458 g/mol. The molecule has 1 aliphatic rings. The van der Waals surface area contributed by atoms with E-state index in [1.807, 2.05) is 41.3 Å². The van der Waals surface area contributed by atoms with Crippen molar-refractivity contribution in [2.24, 2.45) is 0 Å². The Kier molecular flexibility index (Phi) is 4.21. The topological polar surface area (TPSA) is 29.5 Å². The molecule has 1 aliphatic heterocycles. The zero-order valence-corrected chi connectivity index (χ0v) is 15.1. The van der Waals surface area contributed by atoms with Crippen LogP contribution >= 0.6 is 38.5 Å². The predicted molar refractivity (Wildman–Crippen MR) is 93.4 cm³/mol. The fourth-order valence-corrected chi connectivity index (χ4v) is 4.15. The van der Waals surface area contributed by atoms with Crippen molar-refractivity contribution >= 4 is 44.4 Å². The standard InChI is InChI=1S/C16H13BrINO2/c1-21-12-4-2-10(3-5-12)8-19-9-14-13(16(19)20)6-11(17)7-15(14)18/h2-7H,8-9H2,1H3. The number of methoxy groups -OCH3 is 1. The molecule has 3 nitrogen and oxygen atoms in total. The van der Waals surface area contributed by atoms with E-state index in [2.05, 4.69) is 38.5 Å². The third kappa shape index (κ3) is 2.94. The molecule has 0 N–H and O–H groups in total. The van der Waals surface area contributed by atoms with Gasteiger partial charge in [0.05, 0.1) is 7.11 Å². The lowest BCUT2D eigenvalue weighted by molar-refractivity contribution is 0.0766. The Morgan fingerprint density at radius 2 is 2.00 bits per heavy atom. The van der Waals surface area contributed by atoms with Crippen molar-refractivity contribution in [2.45, 2.75) is 13.1 Å². The van der Waals surface area contributed by atoms with Crippen molar-refractivity contribution in [2.75, 3.05) is 7.11 Å². The van der Waals surface area contributed by atoms with Gasteiger partial charge in [-0.2, -0.15) is 0 Å². The van der Waals surface area contributed by atoms with Crippen molar-refractivity contribution in [3.63, 3.8) is 0 Å². The van der Waals surface area contributed by atoms with Gasteiger partial charge >= 0.3 is 0 Å². The number of benzene rings is 2. The molecule has 0 aromatic heterocycles. The van der Waals surface area contributed by atoms with E-state index in [-0.39, 0.29) is 5.91 Å². The van der Waals surface area contributed by atoms with Gasteiger partial charge in [-0.15, -0.1) is 0 Å². The number of carbonyl (C=O) groups excluding carboxylic acids is 1. The zero-order valence-electron chi connectivity index (χ0n) is 11.4.